The molecule has 1 aliphatic heterocycles. The standard InChI is InChI=1S/C20H21ClN4O2/c1-26-20-7-2-14(9-24-20)8-22-10-17-12-25-18(11-23-19(25)13-27-17)15-3-5-16(21)6-4-15/h2-7,9,11,17,22H,8,10,12-13H2,1H3/t17-/m0/s1. The topological polar surface area (TPSA) is 61.2 Å². The Balaban J connectivity index is 1.37. The Bertz CT molecular complexity index is 893. The predicted molar refractivity (Wildman–Crippen MR) is 104 cm³/mol. The zero-order valence-electron chi connectivity index (χ0n) is 15.1. The average Bonchev–Trinajstić information content (AvgIpc) is 3.12. The van der Waals surface area contributed by atoms with Gasteiger partial charge in [0.1, 0.15) is 12.4 Å². The highest BCUT2D eigenvalue weighted by molar-refractivity contribution is 6.30. The van der Waals surface area contributed by atoms with Crippen LogP contribution < -0.4 is 10.1 Å². The van der Waals surface area contributed by atoms with Crippen LogP contribution in [0, 0.1) is 0 Å². The van der Waals surface area contributed by atoms with Gasteiger partial charge in [0.05, 0.1) is 31.6 Å². The van der Waals surface area contributed by atoms with Crippen LogP contribution in [0.4, 0.5) is 0 Å². The fourth-order valence-corrected chi connectivity index (χ4v) is 3.30. The summed E-state index contributed by atoms with van der Waals surface area (Å²) in [7, 11) is 1.61. The van der Waals surface area contributed by atoms with Gasteiger partial charge in [-0.1, -0.05) is 29.8 Å². The normalized spacial score (nSPS) is 16.1. The summed E-state index contributed by atoms with van der Waals surface area (Å²) >= 11 is 6.00. The Kier molecular flexibility index (Phi) is 5.38. The summed E-state index contributed by atoms with van der Waals surface area (Å²) in [5, 5.41) is 4.17. The maximum atomic E-state index is 6.00. The molecule has 1 aliphatic rings. The van der Waals surface area contributed by atoms with E-state index in [1.54, 1.807) is 7.11 Å². The van der Waals surface area contributed by atoms with Crippen LogP contribution in [-0.4, -0.2) is 34.3 Å². The number of fused-ring (bicyclic) bond motifs is 1. The third-order valence-corrected chi connectivity index (χ3v) is 4.87. The Morgan fingerprint density at radius 3 is 2.78 bits per heavy atom. The molecule has 0 radical (unpaired) electrons. The molecule has 0 aliphatic carbocycles. The largest absolute Gasteiger partial charge is 0.481 e. The summed E-state index contributed by atoms with van der Waals surface area (Å²) < 4.78 is 13.3. The second-order valence-corrected chi connectivity index (χ2v) is 6.89. The molecule has 7 heteroatoms. The van der Waals surface area contributed by atoms with Gasteiger partial charge >= 0.3 is 0 Å². The van der Waals surface area contributed by atoms with Gasteiger partial charge in [-0.2, -0.15) is 0 Å². The average molecular weight is 385 g/mol. The van der Waals surface area contributed by atoms with Gasteiger partial charge in [0.2, 0.25) is 5.88 Å². The van der Waals surface area contributed by atoms with Crippen LogP contribution in [0.2, 0.25) is 5.02 Å². The first-order chi connectivity index (χ1) is 13.2. The number of rotatable bonds is 6. The van der Waals surface area contributed by atoms with Crippen molar-refractivity contribution in [2.24, 2.45) is 0 Å². The van der Waals surface area contributed by atoms with Gasteiger partial charge in [-0.15, -0.1) is 0 Å². The van der Waals surface area contributed by atoms with Gasteiger partial charge in [0, 0.05) is 30.4 Å². The summed E-state index contributed by atoms with van der Waals surface area (Å²) in [6.45, 7) is 2.77. The number of hydrogen-bond donors (Lipinski definition) is 1. The van der Waals surface area contributed by atoms with Crippen LogP contribution in [-0.2, 0) is 24.4 Å². The minimum Gasteiger partial charge on any atom is -0.481 e. The SMILES string of the molecule is COc1ccc(CNC[C@H]2Cn3c(-c4ccc(Cl)cc4)cnc3CO2)cn1. The molecule has 1 aromatic carbocycles. The number of halogens is 1. The van der Waals surface area contributed by atoms with Crippen LogP contribution in [0.5, 0.6) is 5.88 Å². The minimum atomic E-state index is 0.0870. The summed E-state index contributed by atoms with van der Waals surface area (Å²) in [5.74, 6) is 1.58. The Hall–Kier alpha value is -2.41. The summed E-state index contributed by atoms with van der Waals surface area (Å²) in [4.78, 5) is 8.72. The lowest BCUT2D eigenvalue weighted by Crippen LogP contribution is -2.36. The molecule has 3 aromatic rings. The molecule has 3 heterocycles. The molecule has 0 saturated carbocycles. The number of imidazole rings is 1. The van der Waals surface area contributed by atoms with Crippen LogP contribution in [0.25, 0.3) is 11.3 Å². The van der Waals surface area contributed by atoms with E-state index in [1.165, 1.54) is 0 Å². The van der Waals surface area contributed by atoms with Crippen LogP contribution >= 0.6 is 11.6 Å². The van der Waals surface area contributed by atoms with Crippen molar-refractivity contribution in [3.05, 3.63) is 65.2 Å². The van der Waals surface area contributed by atoms with E-state index >= 15 is 0 Å². The zero-order valence-corrected chi connectivity index (χ0v) is 15.8. The molecule has 2 aromatic heterocycles. The van der Waals surface area contributed by atoms with E-state index in [9.17, 15) is 0 Å². The van der Waals surface area contributed by atoms with Gasteiger partial charge in [-0.05, 0) is 23.3 Å². The Morgan fingerprint density at radius 2 is 2.04 bits per heavy atom. The first kappa shape index (κ1) is 18.0. The molecule has 4 rings (SSSR count). The van der Waals surface area contributed by atoms with E-state index in [-0.39, 0.29) is 6.10 Å². The van der Waals surface area contributed by atoms with Gasteiger partial charge in [-0.25, -0.2) is 9.97 Å². The van der Waals surface area contributed by atoms with Crippen molar-refractivity contribution in [2.45, 2.75) is 25.8 Å². The molecule has 6 nitrogen and oxygen atoms in total. The number of nitrogens with one attached hydrogen (secondary N) is 1. The van der Waals surface area contributed by atoms with Crippen molar-refractivity contribution in [3.63, 3.8) is 0 Å². The van der Waals surface area contributed by atoms with Crippen molar-refractivity contribution >= 4 is 11.6 Å². The van der Waals surface area contributed by atoms with E-state index in [0.717, 1.165) is 47.3 Å². The fourth-order valence-electron chi connectivity index (χ4n) is 3.17. The number of benzene rings is 1. The number of methoxy groups -OCH3 is 1. The van der Waals surface area contributed by atoms with Crippen LogP contribution in [0.15, 0.2) is 48.8 Å². The zero-order chi connectivity index (χ0) is 18.6. The van der Waals surface area contributed by atoms with Crippen molar-refractivity contribution in [2.75, 3.05) is 13.7 Å². The highest BCUT2D eigenvalue weighted by atomic mass is 35.5. The van der Waals surface area contributed by atoms with E-state index < -0.39 is 0 Å². The number of ether oxygens (including phenoxy) is 2. The van der Waals surface area contributed by atoms with E-state index in [1.807, 2.05) is 48.8 Å². The molecule has 0 spiro atoms. The molecule has 1 N–H and O–H groups in total. The van der Waals surface area contributed by atoms with E-state index in [4.69, 9.17) is 21.1 Å². The predicted octanol–water partition coefficient (Wildman–Crippen LogP) is 3.30. The van der Waals surface area contributed by atoms with Gasteiger partial charge < -0.3 is 19.4 Å². The van der Waals surface area contributed by atoms with Crippen molar-refractivity contribution in [1.82, 2.24) is 19.9 Å². The monoisotopic (exact) mass is 384 g/mol. The maximum absolute atomic E-state index is 6.00. The quantitative estimate of drug-likeness (QED) is 0.706. The highest BCUT2D eigenvalue weighted by Gasteiger charge is 2.22. The van der Waals surface area contributed by atoms with Gasteiger partial charge in [0.25, 0.3) is 0 Å². The molecule has 0 amide bonds. The van der Waals surface area contributed by atoms with Crippen LogP contribution in [0.1, 0.15) is 11.4 Å². The Labute approximate surface area is 163 Å². The molecule has 0 fully saturated rings. The van der Waals surface area contributed by atoms with E-state index in [0.29, 0.717) is 12.5 Å². The maximum Gasteiger partial charge on any atom is 0.212 e. The molecular weight excluding hydrogens is 364 g/mol. The first-order valence-electron chi connectivity index (χ1n) is 8.84. The van der Waals surface area contributed by atoms with Crippen molar-refractivity contribution < 1.29 is 9.47 Å². The second kappa shape index (κ2) is 8.08. The fraction of sp³-hybridized carbons (Fsp3) is 0.300. The highest BCUT2D eigenvalue weighted by Crippen LogP contribution is 2.26. The number of nitrogens with zero attached hydrogens (tertiary/aromatic N) is 3. The molecule has 0 bridgehead atoms. The summed E-state index contributed by atoms with van der Waals surface area (Å²) in [5.41, 5.74) is 3.31. The smallest absolute Gasteiger partial charge is 0.212 e. The van der Waals surface area contributed by atoms with Crippen molar-refractivity contribution in [3.8, 4) is 17.1 Å². The number of pyridine rings is 1. The number of hydrogen-bond acceptors (Lipinski definition) is 5. The lowest BCUT2D eigenvalue weighted by atomic mass is 10.1. The molecule has 140 valence electrons. The lowest BCUT2D eigenvalue weighted by Gasteiger charge is -2.26. The Morgan fingerprint density at radius 1 is 1.19 bits per heavy atom. The summed E-state index contributed by atoms with van der Waals surface area (Å²) in [6, 6.07) is 11.7. The molecule has 27 heavy (non-hydrogen) atoms. The molecule has 1 atom stereocenters. The molecular formula is C20H21ClN4O2. The van der Waals surface area contributed by atoms with Gasteiger partial charge in [0.15, 0.2) is 0 Å². The second-order valence-electron chi connectivity index (χ2n) is 6.45. The van der Waals surface area contributed by atoms with Crippen molar-refractivity contribution in [1.29, 1.82) is 0 Å². The third kappa shape index (κ3) is 4.13. The molecule has 0 unspecified atom stereocenters. The minimum absolute atomic E-state index is 0.0870. The number of aromatic nitrogens is 3. The van der Waals surface area contributed by atoms with Gasteiger partial charge in [-0.3, -0.25) is 0 Å². The van der Waals surface area contributed by atoms with Crippen LogP contribution in [0.3, 0.4) is 0 Å². The lowest BCUT2D eigenvalue weighted by molar-refractivity contribution is 0.00325. The molecule has 0 saturated heterocycles. The summed E-state index contributed by atoms with van der Waals surface area (Å²) in [6.07, 6.45) is 3.81. The van der Waals surface area contributed by atoms with E-state index in [2.05, 4.69) is 19.9 Å². The third-order valence-electron chi connectivity index (χ3n) is 4.62. The first-order valence-corrected chi connectivity index (χ1v) is 9.22.